The number of hydrogen-bond acceptors (Lipinski definition) is 6. The molecule has 3 aromatic rings. The van der Waals surface area contributed by atoms with E-state index < -0.39 is 35.5 Å². The number of aliphatic hydroxyl groups excluding tert-OH is 1. The molecule has 3 rings (SSSR count). The fourth-order valence-corrected chi connectivity index (χ4v) is 3.53. The van der Waals surface area contributed by atoms with Crippen LogP contribution >= 0.6 is 0 Å². The van der Waals surface area contributed by atoms with Crippen LogP contribution in [0, 0.1) is 5.82 Å². The Morgan fingerprint density at radius 2 is 1.60 bits per heavy atom. The highest BCUT2D eigenvalue weighted by Crippen LogP contribution is 2.34. The molecule has 40 heavy (non-hydrogen) atoms. The molecule has 1 amide bonds. The van der Waals surface area contributed by atoms with E-state index in [1.807, 2.05) is 0 Å². The van der Waals surface area contributed by atoms with Gasteiger partial charge in [0.15, 0.2) is 17.5 Å². The van der Waals surface area contributed by atoms with Crippen molar-refractivity contribution in [2.75, 3.05) is 25.1 Å². The van der Waals surface area contributed by atoms with Crippen molar-refractivity contribution in [2.45, 2.75) is 19.1 Å². The van der Waals surface area contributed by atoms with Crippen LogP contribution in [0.25, 0.3) is 0 Å². The summed E-state index contributed by atoms with van der Waals surface area (Å²) in [5.41, 5.74) is 5.16. The molecule has 0 fully saturated rings. The number of aliphatic hydroxyl groups is 1. The molecule has 0 aliphatic heterocycles. The van der Waals surface area contributed by atoms with Gasteiger partial charge < -0.3 is 30.7 Å². The lowest BCUT2D eigenvalue weighted by molar-refractivity contribution is -0.138. The third-order valence-corrected chi connectivity index (χ3v) is 5.44. The van der Waals surface area contributed by atoms with Crippen LogP contribution in [-0.2, 0) is 11.0 Å². The minimum Gasteiger partial charge on any atom is -0.490 e. The van der Waals surface area contributed by atoms with E-state index in [4.69, 9.17) is 20.3 Å². The van der Waals surface area contributed by atoms with Gasteiger partial charge in [-0.15, -0.1) is 0 Å². The fourth-order valence-electron chi connectivity index (χ4n) is 3.53. The summed E-state index contributed by atoms with van der Waals surface area (Å²) in [6, 6.07) is 9.83. The van der Waals surface area contributed by atoms with E-state index in [1.54, 1.807) is 6.92 Å². The Morgan fingerprint density at radius 1 is 1.00 bits per heavy atom. The molecule has 9 nitrogen and oxygen atoms in total. The summed E-state index contributed by atoms with van der Waals surface area (Å²) in [5.74, 6) is -3.25. The summed E-state index contributed by atoms with van der Waals surface area (Å²) in [5, 5.41) is 21.5. The molecule has 212 valence electrons. The van der Waals surface area contributed by atoms with Crippen molar-refractivity contribution in [1.82, 2.24) is 0 Å². The van der Waals surface area contributed by atoms with Crippen LogP contribution in [0.2, 0.25) is 0 Å². The topological polar surface area (TPSA) is 143 Å². The summed E-state index contributed by atoms with van der Waals surface area (Å²) in [4.78, 5) is 28.1. The van der Waals surface area contributed by atoms with Crippen LogP contribution in [0.3, 0.4) is 0 Å². The molecule has 0 heterocycles. The summed E-state index contributed by atoms with van der Waals surface area (Å²) in [7, 11) is 0. The van der Waals surface area contributed by atoms with Gasteiger partial charge in [-0.05, 0) is 61.5 Å². The molecule has 0 spiro atoms. The van der Waals surface area contributed by atoms with Gasteiger partial charge in [0.25, 0.3) is 5.91 Å². The van der Waals surface area contributed by atoms with Gasteiger partial charge in [-0.2, -0.15) is 18.2 Å². The maximum atomic E-state index is 14.9. The SMILES string of the molecule is CCOc1cc(C(Nc2ccc(C(N)=NC(=O)c3ccc(C(F)(F)F)cc3)cc2)C(=O)O)c(F)cc1OCCO. The molecule has 0 aliphatic rings. The number of rotatable bonds is 11. The number of carbonyl (C=O) groups is 2. The van der Waals surface area contributed by atoms with Crippen molar-refractivity contribution in [3.8, 4) is 11.5 Å². The van der Waals surface area contributed by atoms with Crippen LogP contribution < -0.4 is 20.5 Å². The Balaban J connectivity index is 1.79. The number of nitrogens with two attached hydrogens (primary N) is 1. The van der Waals surface area contributed by atoms with Crippen molar-refractivity contribution < 1.29 is 46.8 Å². The highest BCUT2D eigenvalue weighted by atomic mass is 19.4. The molecule has 0 aromatic heterocycles. The highest BCUT2D eigenvalue weighted by Gasteiger charge is 2.30. The van der Waals surface area contributed by atoms with E-state index in [2.05, 4.69) is 10.3 Å². The number of anilines is 1. The van der Waals surface area contributed by atoms with E-state index in [0.717, 1.165) is 30.3 Å². The van der Waals surface area contributed by atoms with Crippen molar-refractivity contribution >= 4 is 23.4 Å². The predicted octanol–water partition coefficient (Wildman–Crippen LogP) is 4.40. The monoisotopic (exact) mass is 563 g/mol. The Morgan fingerprint density at radius 3 is 2.15 bits per heavy atom. The number of aliphatic imine (C=N–C) groups is 1. The van der Waals surface area contributed by atoms with E-state index >= 15 is 0 Å². The van der Waals surface area contributed by atoms with E-state index in [9.17, 15) is 32.3 Å². The molecule has 0 saturated heterocycles. The van der Waals surface area contributed by atoms with Crippen LogP contribution in [0.5, 0.6) is 11.5 Å². The summed E-state index contributed by atoms with van der Waals surface area (Å²) in [6.07, 6.45) is -4.55. The molecule has 3 aromatic carbocycles. The van der Waals surface area contributed by atoms with Crippen LogP contribution in [0.4, 0.5) is 23.2 Å². The van der Waals surface area contributed by atoms with Crippen molar-refractivity contribution in [1.29, 1.82) is 0 Å². The molecule has 1 unspecified atom stereocenters. The van der Waals surface area contributed by atoms with E-state index in [0.29, 0.717) is 0 Å². The Bertz CT molecular complexity index is 1380. The van der Waals surface area contributed by atoms with Gasteiger partial charge in [0.1, 0.15) is 18.3 Å². The average Bonchev–Trinajstić information content (AvgIpc) is 2.91. The number of benzene rings is 3. The normalized spacial score (nSPS) is 12.5. The Hall–Kier alpha value is -4.65. The van der Waals surface area contributed by atoms with Gasteiger partial charge in [0.2, 0.25) is 0 Å². The lowest BCUT2D eigenvalue weighted by Gasteiger charge is -2.20. The van der Waals surface area contributed by atoms with Crippen molar-refractivity contribution in [3.63, 3.8) is 0 Å². The zero-order valence-electron chi connectivity index (χ0n) is 21.0. The lowest BCUT2D eigenvalue weighted by Crippen LogP contribution is -2.22. The van der Waals surface area contributed by atoms with Crippen LogP contribution in [0.1, 0.15) is 40.0 Å². The molecule has 5 N–H and O–H groups in total. The second-order valence-corrected chi connectivity index (χ2v) is 8.20. The number of carboxylic acid groups (broad SMARTS) is 1. The molecule has 0 radical (unpaired) electrons. The zero-order valence-corrected chi connectivity index (χ0v) is 21.0. The molecule has 0 aliphatic carbocycles. The highest BCUT2D eigenvalue weighted by molar-refractivity contribution is 6.08. The maximum Gasteiger partial charge on any atom is 0.416 e. The second kappa shape index (κ2) is 12.9. The number of ether oxygens (including phenoxy) is 2. The van der Waals surface area contributed by atoms with Gasteiger partial charge in [-0.25, -0.2) is 9.18 Å². The average molecular weight is 564 g/mol. The van der Waals surface area contributed by atoms with Gasteiger partial charge in [-0.1, -0.05) is 0 Å². The van der Waals surface area contributed by atoms with Crippen molar-refractivity contribution in [3.05, 3.63) is 88.7 Å². The van der Waals surface area contributed by atoms with Gasteiger partial charge in [0, 0.05) is 28.4 Å². The minimum atomic E-state index is -4.55. The van der Waals surface area contributed by atoms with E-state index in [1.165, 1.54) is 30.3 Å². The zero-order chi connectivity index (χ0) is 29.4. The first kappa shape index (κ1) is 29.9. The first-order chi connectivity index (χ1) is 18.9. The quantitative estimate of drug-likeness (QED) is 0.153. The third-order valence-electron chi connectivity index (χ3n) is 5.44. The van der Waals surface area contributed by atoms with Crippen LogP contribution in [0.15, 0.2) is 65.7 Å². The molecular weight excluding hydrogens is 538 g/mol. The molecule has 0 bridgehead atoms. The molecule has 1 atom stereocenters. The number of nitrogens with one attached hydrogen (secondary N) is 1. The van der Waals surface area contributed by atoms with Gasteiger partial charge in [0.05, 0.1) is 18.8 Å². The first-order valence-corrected chi connectivity index (χ1v) is 11.8. The largest absolute Gasteiger partial charge is 0.490 e. The standard InChI is InChI=1S/C27H25F4N3O6/c1-2-39-21-13-19(20(28)14-22(21)40-12-11-35)23(26(37)38)33-18-9-5-15(6-10-18)24(32)34-25(36)16-3-7-17(8-4-16)27(29,30)31/h3-10,13-14,23,33,35H,2,11-12H2,1H3,(H,37,38)(H2,32,34,36). The number of amides is 1. The van der Waals surface area contributed by atoms with E-state index in [-0.39, 0.29) is 59.5 Å². The number of hydrogen-bond donors (Lipinski definition) is 4. The number of carbonyl (C=O) groups excluding carboxylic acids is 1. The summed E-state index contributed by atoms with van der Waals surface area (Å²) < 4.78 is 63.8. The third kappa shape index (κ3) is 7.47. The van der Waals surface area contributed by atoms with Crippen LogP contribution in [-0.4, -0.2) is 47.7 Å². The number of alkyl halides is 3. The molecule has 0 saturated carbocycles. The molecular formula is C27H25F4N3O6. The summed E-state index contributed by atoms with van der Waals surface area (Å²) in [6.45, 7) is 1.44. The number of aliphatic carboxylic acids is 1. The number of amidine groups is 1. The Labute approximate surface area is 225 Å². The van der Waals surface area contributed by atoms with Crippen molar-refractivity contribution in [2.24, 2.45) is 10.7 Å². The Kier molecular flexibility index (Phi) is 9.67. The molecule has 13 heteroatoms. The number of halogens is 4. The first-order valence-electron chi connectivity index (χ1n) is 11.8. The number of carboxylic acids is 1. The smallest absolute Gasteiger partial charge is 0.416 e. The second-order valence-electron chi connectivity index (χ2n) is 8.20. The predicted molar refractivity (Wildman–Crippen MR) is 137 cm³/mol. The van der Waals surface area contributed by atoms with Gasteiger partial charge in [-0.3, -0.25) is 4.79 Å². The minimum absolute atomic E-state index is 0.00578. The lowest BCUT2D eigenvalue weighted by atomic mass is 10.0. The number of nitrogens with zero attached hydrogens (tertiary/aromatic N) is 1. The maximum absolute atomic E-state index is 14.9. The summed E-state index contributed by atoms with van der Waals surface area (Å²) >= 11 is 0. The fraction of sp³-hybridized carbons (Fsp3) is 0.222. The van der Waals surface area contributed by atoms with Gasteiger partial charge >= 0.3 is 12.1 Å².